The van der Waals surface area contributed by atoms with Gasteiger partial charge in [0.2, 0.25) is 20.8 Å². The van der Waals surface area contributed by atoms with Gasteiger partial charge in [-0.2, -0.15) is 0 Å². The molecule has 0 saturated carbocycles. The van der Waals surface area contributed by atoms with Crippen LogP contribution >= 0.6 is 0 Å². The van der Waals surface area contributed by atoms with Crippen LogP contribution < -0.4 is 0 Å². The van der Waals surface area contributed by atoms with Gasteiger partial charge >= 0.3 is 37.7 Å². The fraction of sp³-hybridized carbons (Fsp3) is 0.882. The van der Waals surface area contributed by atoms with Gasteiger partial charge < -0.3 is 9.11 Å². The van der Waals surface area contributed by atoms with Gasteiger partial charge in [0.25, 0.3) is 0 Å². The van der Waals surface area contributed by atoms with E-state index >= 15 is 0 Å². The average molecular weight is 707 g/mol. The molecule has 0 rings (SSSR count). The van der Waals surface area contributed by atoms with E-state index < -0.39 is 20.8 Å². The molecule has 11 heteroatoms. The zero-order valence-corrected chi connectivity index (χ0v) is 33.1. The van der Waals surface area contributed by atoms with Gasteiger partial charge in [-0.3, -0.25) is 8.37 Å². The number of allylic oxidation sites excluding steroid dienone is 2. The normalized spacial score (nSPS) is 13.5. The van der Waals surface area contributed by atoms with Crippen LogP contribution in [0.2, 0.25) is 0 Å². The maximum atomic E-state index is 10.6. The molecule has 0 aromatic rings. The van der Waals surface area contributed by atoms with Gasteiger partial charge in [0.1, 0.15) is 0 Å². The largest absolute Gasteiger partial charge is 2.00 e. The van der Waals surface area contributed by atoms with Crippen LogP contribution in [0, 0.1) is 11.8 Å². The maximum Gasteiger partial charge on any atom is 2.00 e. The SMILES string of the molecule is CCCC/C=C/C(CCCCCCCCC)COS(=O)(=O)[O-].CCCC/C=C/C(CCCCCCCCC)COS(=O)(=O)[O-].[Ca+2]. The molecular formula is C34H66CaO8S2. The smallest absolute Gasteiger partial charge is 0.726 e. The van der Waals surface area contributed by atoms with E-state index in [9.17, 15) is 25.9 Å². The van der Waals surface area contributed by atoms with E-state index in [0.717, 1.165) is 77.0 Å². The first kappa shape index (κ1) is 49.9. The molecule has 0 N–H and O–H groups in total. The molecule has 0 amide bonds. The van der Waals surface area contributed by atoms with Gasteiger partial charge in [0, 0.05) is 11.8 Å². The van der Waals surface area contributed by atoms with Crippen molar-refractivity contribution in [3.05, 3.63) is 24.3 Å². The summed E-state index contributed by atoms with van der Waals surface area (Å²) >= 11 is 0. The molecule has 2 atom stereocenters. The van der Waals surface area contributed by atoms with Crippen molar-refractivity contribution < 1.29 is 34.3 Å². The van der Waals surface area contributed by atoms with Gasteiger partial charge in [0.05, 0.1) is 13.2 Å². The van der Waals surface area contributed by atoms with Crippen molar-refractivity contribution in [2.24, 2.45) is 11.8 Å². The Morgan fingerprint density at radius 3 is 1.07 bits per heavy atom. The van der Waals surface area contributed by atoms with Gasteiger partial charge in [-0.25, -0.2) is 16.8 Å². The third-order valence-electron chi connectivity index (χ3n) is 7.48. The van der Waals surface area contributed by atoms with Gasteiger partial charge in [-0.1, -0.05) is 168 Å². The molecule has 0 aliphatic rings. The Labute approximate surface area is 308 Å². The van der Waals surface area contributed by atoms with E-state index in [2.05, 4.69) is 48.2 Å². The Hall–Kier alpha value is 0.480. The minimum atomic E-state index is -4.58. The van der Waals surface area contributed by atoms with Crippen LogP contribution in [-0.2, 0) is 29.2 Å². The fourth-order valence-electron chi connectivity index (χ4n) is 4.76. The Kier molecular flexibility index (Phi) is 39.6. The predicted octanol–water partition coefficient (Wildman–Crippen LogP) is 9.55. The van der Waals surface area contributed by atoms with Gasteiger partial charge in [-0.15, -0.1) is 0 Å². The summed E-state index contributed by atoms with van der Waals surface area (Å²) in [6.45, 7) is 8.64. The molecule has 0 fully saturated rings. The quantitative estimate of drug-likeness (QED) is 0.0237. The second kappa shape index (κ2) is 35.8. The van der Waals surface area contributed by atoms with Crippen LogP contribution in [0.3, 0.4) is 0 Å². The van der Waals surface area contributed by atoms with Crippen LogP contribution in [0.25, 0.3) is 0 Å². The average Bonchev–Trinajstić information content (AvgIpc) is 2.96. The second-order valence-corrected chi connectivity index (χ2v) is 14.0. The Morgan fingerprint density at radius 2 is 0.778 bits per heavy atom. The molecule has 0 saturated heterocycles. The molecule has 8 nitrogen and oxygen atoms in total. The van der Waals surface area contributed by atoms with Crippen LogP contribution in [-0.4, -0.2) is 76.9 Å². The molecule has 264 valence electrons. The fourth-order valence-corrected chi connectivity index (χ4v) is 5.44. The third-order valence-corrected chi connectivity index (χ3v) is 8.32. The summed E-state index contributed by atoms with van der Waals surface area (Å²) < 4.78 is 72.4. The van der Waals surface area contributed by atoms with Crippen LogP contribution in [0.15, 0.2) is 24.3 Å². The summed E-state index contributed by atoms with van der Waals surface area (Å²) in [5, 5.41) is 0. The van der Waals surface area contributed by atoms with Gasteiger partial charge in [-0.05, 0) is 25.7 Å². The summed E-state index contributed by atoms with van der Waals surface area (Å²) in [5.41, 5.74) is 0. The Morgan fingerprint density at radius 1 is 0.489 bits per heavy atom. The third kappa shape index (κ3) is 44.5. The molecule has 0 aromatic carbocycles. The minimum Gasteiger partial charge on any atom is -0.726 e. The van der Waals surface area contributed by atoms with E-state index in [4.69, 9.17) is 0 Å². The number of rotatable bonds is 30. The van der Waals surface area contributed by atoms with Crippen molar-refractivity contribution >= 4 is 58.5 Å². The molecule has 0 aliphatic carbocycles. The topological polar surface area (TPSA) is 133 Å². The molecule has 45 heavy (non-hydrogen) atoms. The van der Waals surface area contributed by atoms with Crippen LogP contribution in [0.5, 0.6) is 0 Å². The molecule has 2 unspecified atom stereocenters. The monoisotopic (exact) mass is 706 g/mol. The molecule has 0 bridgehead atoms. The summed E-state index contributed by atoms with van der Waals surface area (Å²) in [4.78, 5) is 0. The summed E-state index contributed by atoms with van der Waals surface area (Å²) in [7, 11) is -9.17. The van der Waals surface area contributed by atoms with Crippen LogP contribution in [0.4, 0.5) is 0 Å². The maximum absolute atomic E-state index is 10.6. The zero-order chi connectivity index (χ0) is 33.4. The number of hydrogen-bond donors (Lipinski definition) is 0. The zero-order valence-electron chi connectivity index (χ0n) is 29.2. The van der Waals surface area contributed by atoms with E-state index in [0.29, 0.717) is 0 Å². The molecule has 0 spiro atoms. The van der Waals surface area contributed by atoms with E-state index in [1.54, 1.807) is 0 Å². The Balaban J connectivity index is -0.000000767. The molecule has 0 radical (unpaired) electrons. The first-order valence-electron chi connectivity index (χ1n) is 17.5. The summed E-state index contributed by atoms with van der Waals surface area (Å²) in [6.07, 6.45) is 33.6. The molecule has 0 aromatic heterocycles. The van der Waals surface area contributed by atoms with Crippen molar-refractivity contribution in [2.75, 3.05) is 13.2 Å². The predicted molar refractivity (Wildman–Crippen MR) is 187 cm³/mol. The van der Waals surface area contributed by atoms with E-state index in [-0.39, 0.29) is 62.8 Å². The molecule has 0 aliphatic heterocycles. The minimum absolute atomic E-state index is 0. The summed E-state index contributed by atoms with van der Waals surface area (Å²) in [6, 6.07) is 0. The van der Waals surface area contributed by atoms with Crippen molar-refractivity contribution in [1.29, 1.82) is 0 Å². The van der Waals surface area contributed by atoms with Crippen LogP contribution in [0.1, 0.15) is 169 Å². The van der Waals surface area contributed by atoms with Crippen molar-refractivity contribution in [1.82, 2.24) is 0 Å². The molecular weight excluding hydrogens is 641 g/mol. The van der Waals surface area contributed by atoms with E-state index in [1.807, 2.05) is 12.2 Å². The van der Waals surface area contributed by atoms with Crippen molar-refractivity contribution in [3.8, 4) is 0 Å². The first-order valence-corrected chi connectivity index (χ1v) is 20.2. The standard InChI is InChI=1S/2C17H34O4S.Ca/c2*1-3-5-7-9-10-11-13-15-17(14-12-8-6-4-2)16-21-22(18,19)20;/h2*12,14,17H,3-11,13,15-16H2,1-2H3,(H,18,19,20);/q;;+2/p-2/b2*14-12+;. The Bertz CT molecular complexity index is 805. The molecule has 0 heterocycles. The van der Waals surface area contributed by atoms with Crippen molar-refractivity contribution in [3.63, 3.8) is 0 Å². The second-order valence-electron chi connectivity index (χ2n) is 11.9. The summed E-state index contributed by atoms with van der Waals surface area (Å²) in [5.74, 6) is 0.0486. The number of unbranched alkanes of at least 4 members (excludes halogenated alkanes) is 16. The van der Waals surface area contributed by atoms with Gasteiger partial charge in [0.15, 0.2) is 0 Å². The first-order chi connectivity index (χ1) is 21.0. The number of hydrogen-bond acceptors (Lipinski definition) is 8. The van der Waals surface area contributed by atoms with E-state index in [1.165, 1.54) is 64.2 Å². The van der Waals surface area contributed by atoms with Crippen molar-refractivity contribution in [2.45, 2.75) is 169 Å².